The van der Waals surface area contributed by atoms with Gasteiger partial charge in [0.05, 0.1) is 25.6 Å². The van der Waals surface area contributed by atoms with Crippen molar-refractivity contribution >= 4 is 21.6 Å². The quantitative estimate of drug-likeness (QED) is 0.819. The molecule has 0 aromatic heterocycles. The molecule has 2 rings (SSSR count). The summed E-state index contributed by atoms with van der Waals surface area (Å²) in [4.78, 5) is 12.1. The van der Waals surface area contributed by atoms with Crippen molar-refractivity contribution in [3.05, 3.63) is 59.7 Å². The van der Waals surface area contributed by atoms with Crippen molar-refractivity contribution in [2.24, 2.45) is 0 Å². The van der Waals surface area contributed by atoms with Crippen molar-refractivity contribution in [2.45, 2.75) is 6.92 Å². The van der Waals surface area contributed by atoms with Crippen LogP contribution in [0.4, 0.5) is 5.69 Å². The number of amides is 1. The number of nitrogens with zero attached hydrogens (tertiary/aromatic N) is 1. The second-order valence-corrected chi connectivity index (χ2v) is 7.54. The molecule has 25 heavy (non-hydrogen) atoms. The van der Waals surface area contributed by atoms with Gasteiger partial charge in [-0.05, 0) is 31.2 Å². The molecule has 0 bridgehead atoms. The lowest BCUT2D eigenvalue weighted by Gasteiger charge is -2.24. The van der Waals surface area contributed by atoms with Gasteiger partial charge in [0.2, 0.25) is 10.0 Å². The van der Waals surface area contributed by atoms with Crippen molar-refractivity contribution in [1.82, 2.24) is 5.32 Å². The first-order valence-electron chi connectivity index (χ1n) is 7.78. The van der Waals surface area contributed by atoms with Crippen LogP contribution in [0, 0.1) is 6.92 Å². The number of para-hydroxylation sites is 2. The summed E-state index contributed by atoms with van der Waals surface area (Å²) in [5, 5.41) is 2.74. The molecule has 1 amide bonds. The zero-order valence-corrected chi connectivity index (χ0v) is 15.3. The molecule has 134 valence electrons. The number of rotatable bonds is 7. The van der Waals surface area contributed by atoms with Gasteiger partial charge in [-0.15, -0.1) is 0 Å². The number of aryl methyl sites for hydroxylation is 1. The van der Waals surface area contributed by atoms with E-state index in [1.54, 1.807) is 36.4 Å². The number of anilines is 1. The summed E-state index contributed by atoms with van der Waals surface area (Å²) >= 11 is 0. The van der Waals surface area contributed by atoms with E-state index in [0.29, 0.717) is 17.0 Å². The summed E-state index contributed by atoms with van der Waals surface area (Å²) in [5.41, 5.74) is 2.04. The van der Waals surface area contributed by atoms with Gasteiger partial charge >= 0.3 is 0 Å². The molecular weight excluding hydrogens is 340 g/mol. The first-order chi connectivity index (χ1) is 11.8. The number of hydrogen-bond acceptors (Lipinski definition) is 4. The Morgan fingerprint density at radius 2 is 1.76 bits per heavy atom. The third kappa shape index (κ3) is 4.96. The summed E-state index contributed by atoms with van der Waals surface area (Å²) < 4.78 is 30.7. The monoisotopic (exact) mass is 362 g/mol. The number of benzene rings is 2. The fourth-order valence-electron chi connectivity index (χ4n) is 2.38. The van der Waals surface area contributed by atoms with Crippen LogP contribution in [0.1, 0.15) is 15.9 Å². The SMILES string of the molecule is COc1ccccc1N(CCNC(=O)c1ccc(C)cc1)S(C)(=O)=O. The Balaban J connectivity index is 2.09. The molecule has 0 heterocycles. The molecule has 0 unspecified atom stereocenters. The smallest absolute Gasteiger partial charge is 0.251 e. The maximum Gasteiger partial charge on any atom is 0.251 e. The zero-order valence-electron chi connectivity index (χ0n) is 14.5. The van der Waals surface area contributed by atoms with Gasteiger partial charge in [0, 0.05) is 12.1 Å². The van der Waals surface area contributed by atoms with Crippen molar-refractivity contribution < 1.29 is 17.9 Å². The van der Waals surface area contributed by atoms with Gasteiger partial charge in [-0.2, -0.15) is 0 Å². The second kappa shape index (κ2) is 8.02. The molecule has 0 fully saturated rings. The van der Waals surface area contributed by atoms with E-state index in [2.05, 4.69) is 5.32 Å². The molecule has 6 nitrogen and oxygen atoms in total. The first kappa shape index (κ1) is 18.8. The molecule has 1 N–H and O–H groups in total. The summed E-state index contributed by atoms with van der Waals surface area (Å²) in [5.74, 6) is 0.214. The minimum Gasteiger partial charge on any atom is -0.495 e. The molecule has 7 heteroatoms. The Morgan fingerprint density at radius 3 is 2.36 bits per heavy atom. The van der Waals surface area contributed by atoms with E-state index in [1.165, 1.54) is 11.4 Å². The summed E-state index contributed by atoms with van der Waals surface area (Å²) in [6, 6.07) is 14.0. The van der Waals surface area contributed by atoms with Crippen molar-refractivity contribution in [3.8, 4) is 5.75 Å². The van der Waals surface area contributed by atoms with Gasteiger partial charge in [-0.25, -0.2) is 8.42 Å². The highest BCUT2D eigenvalue weighted by molar-refractivity contribution is 7.92. The number of carbonyl (C=O) groups excluding carboxylic acids is 1. The summed E-state index contributed by atoms with van der Waals surface area (Å²) in [6.07, 6.45) is 1.13. The van der Waals surface area contributed by atoms with Crippen LogP contribution in [0.25, 0.3) is 0 Å². The van der Waals surface area contributed by atoms with Gasteiger partial charge in [0.1, 0.15) is 5.75 Å². The van der Waals surface area contributed by atoms with Crippen LogP contribution in [-0.4, -0.2) is 40.8 Å². The number of sulfonamides is 1. The van der Waals surface area contributed by atoms with E-state index in [0.717, 1.165) is 11.8 Å². The lowest BCUT2D eigenvalue weighted by Crippen LogP contribution is -2.38. The molecule has 0 atom stereocenters. The molecule has 0 spiro atoms. The van der Waals surface area contributed by atoms with E-state index in [9.17, 15) is 13.2 Å². The van der Waals surface area contributed by atoms with E-state index in [1.807, 2.05) is 19.1 Å². The fourth-order valence-corrected chi connectivity index (χ4v) is 3.31. The van der Waals surface area contributed by atoms with Gasteiger partial charge in [0.25, 0.3) is 5.91 Å². The number of nitrogens with one attached hydrogen (secondary N) is 1. The molecule has 2 aromatic carbocycles. The minimum atomic E-state index is -3.52. The minimum absolute atomic E-state index is 0.108. The fraction of sp³-hybridized carbons (Fsp3) is 0.278. The highest BCUT2D eigenvalue weighted by atomic mass is 32.2. The largest absolute Gasteiger partial charge is 0.495 e. The van der Waals surface area contributed by atoms with Gasteiger partial charge in [0.15, 0.2) is 0 Å². The van der Waals surface area contributed by atoms with Crippen molar-refractivity contribution in [3.63, 3.8) is 0 Å². The summed E-state index contributed by atoms with van der Waals surface area (Å²) in [7, 11) is -2.03. The Hall–Kier alpha value is -2.54. The normalized spacial score (nSPS) is 11.0. The third-order valence-corrected chi connectivity index (χ3v) is 4.85. The highest BCUT2D eigenvalue weighted by Gasteiger charge is 2.20. The topological polar surface area (TPSA) is 75.7 Å². The Labute approximate surface area is 148 Å². The Bertz CT molecular complexity index is 832. The molecule has 0 saturated carbocycles. The second-order valence-electron chi connectivity index (χ2n) is 5.63. The number of carbonyl (C=O) groups is 1. The predicted molar refractivity (Wildman–Crippen MR) is 98.7 cm³/mol. The number of methoxy groups -OCH3 is 1. The van der Waals surface area contributed by atoms with Crippen LogP contribution in [-0.2, 0) is 10.0 Å². The maximum absolute atomic E-state index is 12.1. The van der Waals surface area contributed by atoms with Crippen LogP contribution in [0.3, 0.4) is 0 Å². The molecule has 0 saturated heterocycles. The van der Waals surface area contributed by atoms with Gasteiger partial charge in [-0.1, -0.05) is 29.8 Å². The maximum atomic E-state index is 12.1. The van der Waals surface area contributed by atoms with E-state index >= 15 is 0 Å². The van der Waals surface area contributed by atoms with Gasteiger partial charge < -0.3 is 10.1 Å². The molecule has 0 aliphatic carbocycles. The Morgan fingerprint density at radius 1 is 1.12 bits per heavy atom. The van der Waals surface area contributed by atoms with Gasteiger partial charge in [-0.3, -0.25) is 9.10 Å². The molecule has 0 aliphatic heterocycles. The molecule has 2 aromatic rings. The molecular formula is C18H22N2O4S. The zero-order chi connectivity index (χ0) is 18.4. The highest BCUT2D eigenvalue weighted by Crippen LogP contribution is 2.29. The van der Waals surface area contributed by atoms with Crippen LogP contribution in [0.15, 0.2) is 48.5 Å². The number of ether oxygens (including phenoxy) is 1. The summed E-state index contributed by atoms with van der Waals surface area (Å²) in [6.45, 7) is 2.23. The van der Waals surface area contributed by atoms with E-state index in [-0.39, 0.29) is 19.0 Å². The molecule has 0 radical (unpaired) electrons. The lowest BCUT2D eigenvalue weighted by atomic mass is 10.1. The van der Waals surface area contributed by atoms with Crippen LogP contribution < -0.4 is 14.4 Å². The van der Waals surface area contributed by atoms with E-state index < -0.39 is 10.0 Å². The van der Waals surface area contributed by atoms with E-state index in [4.69, 9.17) is 4.74 Å². The number of hydrogen-bond donors (Lipinski definition) is 1. The predicted octanol–water partition coefficient (Wildman–Crippen LogP) is 2.20. The standard InChI is InChI=1S/C18H22N2O4S/c1-14-8-10-15(11-9-14)18(21)19-12-13-20(25(3,22)23)16-6-4-5-7-17(16)24-2/h4-11H,12-13H2,1-3H3,(H,19,21). The van der Waals surface area contributed by atoms with Crippen LogP contribution in [0.5, 0.6) is 5.75 Å². The van der Waals surface area contributed by atoms with Crippen molar-refractivity contribution in [2.75, 3.05) is 30.8 Å². The molecule has 0 aliphatic rings. The first-order valence-corrected chi connectivity index (χ1v) is 9.63. The lowest BCUT2D eigenvalue weighted by molar-refractivity contribution is 0.0955. The Kier molecular flexibility index (Phi) is 6.03. The van der Waals surface area contributed by atoms with Crippen molar-refractivity contribution in [1.29, 1.82) is 0 Å². The average molecular weight is 362 g/mol. The van der Waals surface area contributed by atoms with Crippen LogP contribution >= 0.6 is 0 Å². The van der Waals surface area contributed by atoms with Crippen LogP contribution in [0.2, 0.25) is 0 Å². The third-order valence-electron chi connectivity index (χ3n) is 3.67. The average Bonchev–Trinajstić information content (AvgIpc) is 2.58.